The van der Waals surface area contributed by atoms with E-state index in [1.807, 2.05) is 35.0 Å². The van der Waals surface area contributed by atoms with E-state index in [0.717, 1.165) is 45.0 Å². The minimum Gasteiger partial charge on any atom is -0.361 e. The molecule has 0 aliphatic carbocycles. The molecule has 0 unspecified atom stereocenters. The second-order valence-corrected chi connectivity index (χ2v) is 14.8. The average Bonchev–Trinajstić information content (AvgIpc) is 3.05. The maximum atomic E-state index is 11.5. The van der Waals surface area contributed by atoms with Crippen molar-refractivity contribution in [1.29, 1.82) is 0 Å². The van der Waals surface area contributed by atoms with Gasteiger partial charge in [0, 0.05) is 37.5 Å². The summed E-state index contributed by atoms with van der Waals surface area (Å²) in [6, 6.07) is 9.10. The number of fused-ring (bicyclic) bond motifs is 1. The summed E-state index contributed by atoms with van der Waals surface area (Å²) in [7, 11) is -1.12. The smallest absolute Gasteiger partial charge is 0.243 e. The third kappa shape index (κ3) is 5.65. The van der Waals surface area contributed by atoms with E-state index in [1.54, 1.807) is 6.33 Å². The Bertz CT molecular complexity index is 1060. The highest BCUT2D eigenvalue weighted by molar-refractivity contribution is 9.10. The number of nitrogens with one attached hydrogen (secondary N) is 1. The molecular weight excluding hydrogens is 460 g/mol. The number of rotatable bonds is 9. The number of nitrogens with zero attached hydrogens (tertiary/aromatic N) is 3. The second-order valence-electron chi connectivity index (χ2n) is 8.34. The Morgan fingerprint density at radius 3 is 2.87 bits per heavy atom. The van der Waals surface area contributed by atoms with Gasteiger partial charge in [-0.15, -0.1) is 0 Å². The molecule has 158 valence electrons. The standard InChI is InChI=1S/C22H27BrN4O2Si/c1-5-19(28)24-12-16-7-6-8-17(11-16)21-20-18(23)13-27(22(20)26-14-25-21)15-29-9-10-30(2,3)4/h5-8,11,13-14H,1,9-10,12,15H2,2-4H3,(H,24,28). The van der Waals surface area contributed by atoms with Gasteiger partial charge >= 0.3 is 0 Å². The molecule has 1 amide bonds. The lowest BCUT2D eigenvalue weighted by atomic mass is 10.1. The lowest BCUT2D eigenvalue weighted by Crippen LogP contribution is -2.22. The molecule has 2 heterocycles. The molecule has 30 heavy (non-hydrogen) atoms. The normalized spacial score (nSPS) is 11.6. The van der Waals surface area contributed by atoms with Crippen LogP contribution in [0.5, 0.6) is 0 Å². The fourth-order valence-electron chi connectivity index (χ4n) is 3.02. The van der Waals surface area contributed by atoms with Gasteiger partial charge in [-0.1, -0.05) is 44.4 Å². The molecule has 0 radical (unpaired) electrons. The first-order valence-corrected chi connectivity index (χ1v) is 14.3. The first-order chi connectivity index (χ1) is 14.3. The highest BCUT2D eigenvalue weighted by atomic mass is 79.9. The molecule has 0 saturated carbocycles. The second kappa shape index (κ2) is 9.68. The van der Waals surface area contributed by atoms with Crippen molar-refractivity contribution in [3.8, 4) is 11.3 Å². The SMILES string of the molecule is C=CC(=O)NCc1cccc(-c2ncnc3c2c(Br)cn3COCC[Si](C)(C)C)c1. The molecule has 3 aromatic rings. The van der Waals surface area contributed by atoms with Crippen LogP contribution in [0.15, 0.2) is 53.9 Å². The summed E-state index contributed by atoms with van der Waals surface area (Å²) in [4.78, 5) is 20.5. The van der Waals surface area contributed by atoms with E-state index in [4.69, 9.17) is 4.74 Å². The van der Waals surface area contributed by atoms with Crippen LogP contribution < -0.4 is 5.32 Å². The summed E-state index contributed by atoms with van der Waals surface area (Å²) in [5, 5.41) is 3.75. The number of ether oxygens (including phenoxy) is 1. The largest absolute Gasteiger partial charge is 0.361 e. The van der Waals surface area contributed by atoms with Crippen LogP contribution in [-0.4, -0.2) is 35.1 Å². The van der Waals surface area contributed by atoms with Crippen LogP contribution in [0.3, 0.4) is 0 Å². The minimum absolute atomic E-state index is 0.196. The summed E-state index contributed by atoms with van der Waals surface area (Å²) in [5.41, 5.74) is 3.61. The monoisotopic (exact) mass is 486 g/mol. The Morgan fingerprint density at radius 2 is 2.13 bits per heavy atom. The lowest BCUT2D eigenvalue weighted by Gasteiger charge is -2.15. The summed E-state index contributed by atoms with van der Waals surface area (Å²) >= 11 is 3.67. The third-order valence-corrected chi connectivity index (χ3v) is 6.99. The van der Waals surface area contributed by atoms with Crippen LogP contribution in [0.25, 0.3) is 22.3 Å². The van der Waals surface area contributed by atoms with Crippen molar-refractivity contribution in [2.24, 2.45) is 0 Å². The van der Waals surface area contributed by atoms with E-state index in [1.165, 1.54) is 6.08 Å². The molecule has 0 fully saturated rings. The number of carbonyl (C=O) groups is 1. The Kier molecular flexibility index (Phi) is 7.22. The molecule has 0 aliphatic rings. The van der Waals surface area contributed by atoms with E-state index >= 15 is 0 Å². The van der Waals surface area contributed by atoms with Gasteiger partial charge in [0.2, 0.25) is 5.91 Å². The molecule has 0 aliphatic heterocycles. The molecule has 0 spiro atoms. The van der Waals surface area contributed by atoms with Gasteiger partial charge in [-0.05, 0) is 39.7 Å². The maximum Gasteiger partial charge on any atom is 0.243 e. The van der Waals surface area contributed by atoms with Gasteiger partial charge in [0.1, 0.15) is 18.7 Å². The number of hydrogen-bond donors (Lipinski definition) is 1. The van der Waals surface area contributed by atoms with Crippen molar-refractivity contribution in [3.63, 3.8) is 0 Å². The summed E-state index contributed by atoms with van der Waals surface area (Å²) in [5.74, 6) is -0.196. The fourth-order valence-corrected chi connectivity index (χ4v) is 4.39. The van der Waals surface area contributed by atoms with Gasteiger partial charge in [0.05, 0.1) is 11.1 Å². The maximum absolute atomic E-state index is 11.5. The number of aromatic nitrogens is 3. The zero-order chi connectivity index (χ0) is 21.7. The average molecular weight is 487 g/mol. The summed E-state index contributed by atoms with van der Waals surface area (Å²) in [6.45, 7) is 12.1. The minimum atomic E-state index is -1.12. The molecule has 0 atom stereocenters. The van der Waals surface area contributed by atoms with E-state index in [2.05, 4.69) is 57.4 Å². The molecule has 3 rings (SSSR count). The number of hydrogen-bond acceptors (Lipinski definition) is 4. The van der Waals surface area contributed by atoms with Crippen molar-refractivity contribution in [1.82, 2.24) is 19.9 Å². The van der Waals surface area contributed by atoms with E-state index in [-0.39, 0.29) is 5.91 Å². The predicted molar refractivity (Wildman–Crippen MR) is 127 cm³/mol. The molecular formula is C22H27BrN4O2Si. The Morgan fingerprint density at radius 1 is 1.33 bits per heavy atom. The highest BCUT2D eigenvalue weighted by Gasteiger charge is 2.16. The van der Waals surface area contributed by atoms with Gasteiger partial charge in [0.25, 0.3) is 0 Å². The number of halogens is 1. The van der Waals surface area contributed by atoms with E-state index in [9.17, 15) is 4.79 Å². The van der Waals surface area contributed by atoms with Crippen LogP contribution in [0, 0.1) is 0 Å². The van der Waals surface area contributed by atoms with Gasteiger partial charge in [-0.2, -0.15) is 0 Å². The third-order valence-electron chi connectivity index (χ3n) is 4.69. The molecule has 1 aromatic carbocycles. The zero-order valence-corrected chi connectivity index (χ0v) is 20.2. The van der Waals surface area contributed by atoms with Crippen molar-refractivity contribution in [2.75, 3.05) is 6.61 Å². The van der Waals surface area contributed by atoms with Crippen molar-refractivity contribution in [2.45, 2.75) is 39.0 Å². The number of amides is 1. The van der Waals surface area contributed by atoms with E-state index in [0.29, 0.717) is 13.3 Å². The molecule has 0 saturated heterocycles. The van der Waals surface area contributed by atoms with Crippen molar-refractivity contribution < 1.29 is 9.53 Å². The Balaban J connectivity index is 1.85. The first-order valence-electron chi connectivity index (χ1n) is 9.85. The number of carbonyl (C=O) groups excluding carboxylic acids is 1. The van der Waals surface area contributed by atoms with Gasteiger partial charge in [-0.25, -0.2) is 9.97 Å². The van der Waals surface area contributed by atoms with Gasteiger partial charge in [-0.3, -0.25) is 4.79 Å². The lowest BCUT2D eigenvalue weighted by molar-refractivity contribution is -0.116. The topological polar surface area (TPSA) is 69.0 Å². The molecule has 8 heteroatoms. The zero-order valence-electron chi connectivity index (χ0n) is 17.6. The van der Waals surface area contributed by atoms with Crippen LogP contribution in [-0.2, 0) is 22.8 Å². The van der Waals surface area contributed by atoms with Crippen molar-refractivity contribution >= 4 is 40.9 Å². The molecule has 0 bridgehead atoms. The molecule has 2 aromatic heterocycles. The number of benzene rings is 1. The molecule has 6 nitrogen and oxygen atoms in total. The highest BCUT2D eigenvalue weighted by Crippen LogP contribution is 2.33. The first kappa shape index (κ1) is 22.4. The van der Waals surface area contributed by atoms with Gasteiger partial charge in [0.15, 0.2) is 0 Å². The summed E-state index contributed by atoms with van der Waals surface area (Å²) in [6.07, 6.45) is 4.84. The van der Waals surface area contributed by atoms with Crippen LogP contribution in [0.4, 0.5) is 0 Å². The quantitative estimate of drug-likeness (QED) is 0.263. The Hall–Kier alpha value is -2.29. The van der Waals surface area contributed by atoms with Crippen LogP contribution in [0.2, 0.25) is 25.7 Å². The Labute approximate surface area is 186 Å². The van der Waals surface area contributed by atoms with E-state index < -0.39 is 8.07 Å². The summed E-state index contributed by atoms with van der Waals surface area (Å²) < 4.78 is 8.84. The fraction of sp³-hybridized carbons (Fsp3) is 0.318. The predicted octanol–water partition coefficient (Wildman–Crippen LogP) is 4.98. The van der Waals surface area contributed by atoms with Gasteiger partial charge < -0.3 is 14.6 Å². The molecule has 1 N–H and O–H groups in total. The van der Waals surface area contributed by atoms with Crippen LogP contribution >= 0.6 is 15.9 Å². The van der Waals surface area contributed by atoms with Crippen molar-refractivity contribution in [3.05, 3.63) is 59.5 Å². The van der Waals surface area contributed by atoms with Crippen LogP contribution in [0.1, 0.15) is 5.56 Å².